The Morgan fingerprint density at radius 2 is 2.00 bits per heavy atom. The van der Waals surface area contributed by atoms with Gasteiger partial charge in [0, 0.05) is 24.4 Å². The highest BCUT2D eigenvalue weighted by molar-refractivity contribution is 5.95. The number of anilines is 1. The van der Waals surface area contributed by atoms with Crippen LogP contribution in [0.15, 0.2) is 42.6 Å². The van der Waals surface area contributed by atoms with Gasteiger partial charge >= 0.3 is 0 Å². The minimum absolute atomic E-state index is 0.135. The number of hydrogen-bond donors (Lipinski definition) is 2. The number of rotatable bonds is 8. The van der Waals surface area contributed by atoms with Crippen molar-refractivity contribution in [3.05, 3.63) is 64.0 Å². The Hall–Kier alpha value is -2.96. The van der Waals surface area contributed by atoms with Crippen LogP contribution >= 0.6 is 0 Å². The highest BCUT2D eigenvalue weighted by atomic mass is 16.6. The summed E-state index contributed by atoms with van der Waals surface area (Å²) in [4.78, 5) is 27.4. The van der Waals surface area contributed by atoms with E-state index < -0.39 is 4.92 Å². The first kappa shape index (κ1) is 19.4. The first-order chi connectivity index (χ1) is 12.4. The van der Waals surface area contributed by atoms with Crippen molar-refractivity contribution in [2.75, 3.05) is 11.9 Å². The summed E-state index contributed by atoms with van der Waals surface area (Å²) in [6.07, 6.45) is 2.53. The van der Waals surface area contributed by atoms with Crippen LogP contribution in [0, 0.1) is 16.0 Å². The zero-order valence-electron chi connectivity index (χ0n) is 15.2. The summed E-state index contributed by atoms with van der Waals surface area (Å²) < 4.78 is 0. The molecular formula is C19H24N4O3. The number of hydrogen-bond acceptors (Lipinski definition) is 5. The average Bonchev–Trinajstić information content (AvgIpc) is 2.62. The number of amides is 1. The highest BCUT2D eigenvalue weighted by Crippen LogP contribution is 2.28. The Kier molecular flexibility index (Phi) is 6.66. The molecule has 0 aliphatic rings. The van der Waals surface area contributed by atoms with Crippen LogP contribution < -0.4 is 10.6 Å². The van der Waals surface area contributed by atoms with E-state index in [1.807, 2.05) is 25.1 Å². The maximum absolute atomic E-state index is 12.2. The van der Waals surface area contributed by atoms with E-state index in [-0.39, 0.29) is 23.2 Å². The summed E-state index contributed by atoms with van der Waals surface area (Å²) in [7, 11) is 0. The van der Waals surface area contributed by atoms with Gasteiger partial charge in [0.05, 0.1) is 16.7 Å². The molecular weight excluding hydrogens is 332 g/mol. The van der Waals surface area contributed by atoms with Crippen molar-refractivity contribution >= 4 is 17.3 Å². The maximum atomic E-state index is 12.2. The third kappa shape index (κ3) is 5.27. The lowest BCUT2D eigenvalue weighted by Gasteiger charge is -2.15. The number of nitro benzene ring substituents is 1. The molecule has 2 N–H and O–H groups in total. The maximum Gasteiger partial charge on any atom is 0.293 e. The van der Waals surface area contributed by atoms with Crippen LogP contribution in [0.5, 0.6) is 0 Å². The molecule has 1 amide bonds. The quantitative estimate of drug-likeness (QED) is 0.551. The molecule has 138 valence electrons. The minimum atomic E-state index is -0.488. The number of nitro groups is 1. The Morgan fingerprint density at radius 1 is 1.23 bits per heavy atom. The van der Waals surface area contributed by atoms with Gasteiger partial charge in [-0.1, -0.05) is 19.9 Å². The summed E-state index contributed by atoms with van der Waals surface area (Å²) >= 11 is 0. The predicted octanol–water partition coefficient (Wildman–Crippen LogP) is 3.94. The molecule has 0 spiro atoms. The van der Waals surface area contributed by atoms with Crippen LogP contribution in [0.25, 0.3) is 0 Å². The molecule has 0 radical (unpaired) electrons. The second kappa shape index (κ2) is 8.94. The van der Waals surface area contributed by atoms with E-state index in [4.69, 9.17) is 0 Å². The van der Waals surface area contributed by atoms with Crippen LogP contribution in [-0.2, 0) is 0 Å². The molecule has 0 saturated heterocycles. The predicted molar refractivity (Wildman–Crippen MR) is 101 cm³/mol. The topological polar surface area (TPSA) is 97.2 Å². The molecule has 26 heavy (non-hydrogen) atoms. The lowest BCUT2D eigenvalue weighted by molar-refractivity contribution is -0.384. The molecule has 7 heteroatoms. The van der Waals surface area contributed by atoms with Gasteiger partial charge in [0.25, 0.3) is 11.6 Å². The number of pyridine rings is 1. The van der Waals surface area contributed by atoms with Gasteiger partial charge < -0.3 is 10.6 Å². The first-order valence-electron chi connectivity index (χ1n) is 8.62. The third-order valence-corrected chi connectivity index (χ3v) is 3.97. The Labute approximate surface area is 153 Å². The number of carbonyl (C=O) groups excluding carboxylic acids is 1. The molecule has 0 fully saturated rings. The van der Waals surface area contributed by atoms with Crippen molar-refractivity contribution in [1.82, 2.24) is 10.3 Å². The van der Waals surface area contributed by atoms with E-state index in [1.54, 1.807) is 18.3 Å². The molecule has 1 atom stereocenters. The van der Waals surface area contributed by atoms with Crippen LogP contribution in [0.3, 0.4) is 0 Å². The van der Waals surface area contributed by atoms with Gasteiger partial charge in [0.1, 0.15) is 5.69 Å². The fraction of sp³-hybridized carbons (Fsp3) is 0.368. The highest BCUT2D eigenvalue weighted by Gasteiger charge is 2.19. The van der Waals surface area contributed by atoms with E-state index >= 15 is 0 Å². The van der Waals surface area contributed by atoms with Gasteiger partial charge in [-0.2, -0.15) is 0 Å². The summed E-state index contributed by atoms with van der Waals surface area (Å²) in [6, 6.07) is 9.77. The summed E-state index contributed by atoms with van der Waals surface area (Å²) in [6.45, 7) is 6.56. The number of nitrogens with zero attached hydrogens (tertiary/aromatic N) is 2. The summed E-state index contributed by atoms with van der Waals surface area (Å²) in [5.74, 6) is 0.169. The van der Waals surface area contributed by atoms with Crippen molar-refractivity contribution in [2.24, 2.45) is 5.92 Å². The van der Waals surface area contributed by atoms with Crippen LogP contribution in [0.2, 0.25) is 0 Å². The van der Waals surface area contributed by atoms with Crippen molar-refractivity contribution in [3.8, 4) is 0 Å². The summed E-state index contributed by atoms with van der Waals surface area (Å²) in [5, 5.41) is 17.3. The van der Waals surface area contributed by atoms with Gasteiger partial charge in [0.2, 0.25) is 0 Å². The van der Waals surface area contributed by atoms with E-state index in [2.05, 4.69) is 29.5 Å². The number of aromatic nitrogens is 1. The largest absolute Gasteiger partial charge is 0.371 e. The third-order valence-electron chi connectivity index (χ3n) is 3.97. The molecule has 0 bridgehead atoms. The molecule has 2 aromatic rings. The van der Waals surface area contributed by atoms with Crippen LogP contribution in [0.4, 0.5) is 11.4 Å². The van der Waals surface area contributed by atoms with Crippen molar-refractivity contribution < 1.29 is 9.72 Å². The Bertz CT molecular complexity index is 763. The molecule has 1 aromatic heterocycles. The zero-order valence-corrected chi connectivity index (χ0v) is 15.2. The molecule has 1 unspecified atom stereocenters. The standard InChI is InChI=1S/C19H24N4O3/c1-13(2)9-11-21-19(24)15-7-8-17(18(12-15)23(25)26)22-14(3)16-6-4-5-10-20-16/h4-8,10,12-14,22H,9,11H2,1-3H3,(H,21,24). The van der Waals surface area contributed by atoms with Gasteiger partial charge in [-0.05, 0) is 43.5 Å². The lowest BCUT2D eigenvalue weighted by Crippen LogP contribution is -2.25. The second-order valence-electron chi connectivity index (χ2n) is 6.55. The molecule has 7 nitrogen and oxygen atoms in total. The average molecular weight is 356 g/mol. The summed E-state index contributed by atoms with van der Waals surface area (Å²) in [5.41, 5.74) is 1.27. The van der Waals surface area contributed by atoms with Crippen molar-refractivity contribution in [3.63, 3.8) is 0 Å². The lowest BCUT2D eigenvalue weighted by atomic mass is 10.1. The van der Waals surface area contributed by atoms with Crippen LogP contribution in [0.1, 0.15) is 49.3 Å². The SMILES string of the molecule is CC(C)CCNC(=O)c1ccc(NC(C)c2ccccn2)c([N+](=O)[O-])c1. The molecule has 1 heterocycles. The van der Waals surface area contributed by atoms with Gasteiger partial charge in [-0.15, -0.1) is 0 Å². The Morgan fingerprint density at radius 3 is 2.62 bits per heavy atom. The number of carbonyl (C=O) groups is 1. The van der Waals surface area contributed by atoms with Gasteiger partial charge in [0.15, 0.2) is 0 Å². The number of nitrogens with one attached hydrogen (secondary N) is 2. The monoisotopic (exact) mass is 356 g/mol. The Balaban J connectivity index is 2.15. The fourth-order valence-electron chi connectivity index (χ4n) is 2.46. The van der Waals surface area contributed by atoms with E-state index in [1.165, 1.54) is 6.07 Å². The molecule has 2 rings (SSSR count). The molecule has 0 aliphatic heterocycles. The van der Waals surface area contributed by atoms with E-state index in [0.29, 0.717) is 18.2 Å². The number of benzene rings is 1. The molecule has 0 aliphatic carbocycles. The first-order valence-corrected chi connectivity index (χ1v) is 8.62. The van der Waals surface area contributed by atoms with E-state index in [9.17, 15) is 14.9 Å². The van der Waals surface area contributed by atoms with Gasteiger partial charge in [-0.3, -0.25) is 19.9 Å². The van der Waals surface area contributed by atoms with Crippen molar-refractivity contribution in [1.29, 1.82) is 0 Å². The van der Waals surface area contributed by atoms with E-state index in [0.717, 1.165) is 12.1 Å². The van der Waals surface area contributed by atoms with Crippen molar-refractivity contribution in [2.45, 2.75) is 33.2 Å². The zero-order chi connectivity index (χ0) is 19.1. The molecule has 1 aromatic carbocycles. The molecule has 0 saturated carbocycles. The van der Waals surface area contributed by atoms with Crippen LogP contribution in [-0.4, -0.2) is 22.4 Å². The second-order valence-corrected chi connectivity index (χ2v) is 6.55. The van der Waals surface area contributed by atoms with Gasteiger partial charge in [-0.25, -0.2) is 0 Å². The fourth-order valence-corrected chi connectivity index (χ4v) is 2.46. The smallest absolute Gasteiger partial charge is 0.293 e. The minimum Gasteiger partial charge on any atom is -0.371 e. The normalized spacial score (nSPS) is 11.8.